The van der Waals surface area contributed by atoms with Crippen LogP contribution in [0.1, 0.15) is 6.92 Å². The quantitative estimate of drug-likeness (QED) is 0.501. The zero-order valence-electron chi connectivity index (χ0n) is 5.78. The number of thiol groups is 1. The van der Waals surface area contributed by atoms with Crippen molar-refractivity contribution in [2.24, 2.45) is 0 Å². The molecule has 1 aromatic rings. The topological polar surface area (TPSA) is 24.9 Å². The second-order valence-corrected chi connectivity index (χ2v) is 2.84. The van der Waals surface area contributed by atoms with Crippen molar-refractivity contribution >= 4 is 18.3 Å². The number of pyridine rings is 1. The lowest BCUT2D eigenvalue weighted by atomic mass is 10.4. The predicted octanol–water partition coefficient (Wildman–Crippen LogP) is 1.77. The molecule has 0 aliphatic carbocycles. The number of nitrogens with one attached hydrogen (secondary N) is 1. The average Bonchev–Trinajstić information content (AvgIpc) is 1.88. The number of anilines is 1. The van der Waals surface area contributed by atoms with Gasteiger partial charge in [-0.25, -0.2) is 0 Å². The van der Waals surface area contributed by atoms with Gasteiger partial charge < -0.3 is 5.32 Å². The van der Waals surface area contributed by atoms with E-state index in [9.17, 15) is 0 Å². The summed E-state index contributed by atoms with van der Waals surface area (Å²) in [5.41, 5.74) is 1.00. The monoisotopic (exact) mass is 154 g/mol. The Balaban J connectivity index is 2.59. The molecule has 1 atom stereocenters. The van der Waals surface area contributed by atoms with Gasteiger partial charge in [0.05, 0.1) is 11.1 Å². The molecule has 3 heteroatoms. The van der Waals surface area contributed by atoms with Crippen LogP contribution in [-0.4, -0.2) is 10.4 Å². The van der Waals surface area contributed by atoms with Gasteiger partial charge in [-0.15, -0.1) is 0 Å². The number of aromatic nitrogens is 1. The summed E-state index contributed by atoms with van der Waals surface area (Å²) in [7, 11) is 0. The Bertz CT molecular complexity index is 186. The van der Waals surface area contributed by atoms with E-state index in [-0.39, 0.29) is 5.37 Å². The fourth-order valence-electron chi connectivity index (χ4n) is 0.689. The Hall–Kier alpha value is -0.700. The van der Waals surface area contributed by atoms with Crippen molar-refractivity contribution in [1.29, 1.82) is 0 Å². The molecule has 0 saturated carbocycles. The first-order chi connectivity index (χ1) is 4.79. The van der Waals surface area contributed by atoms with Crippen LogP contribution in [0, 0.1) is 0 Å². The minimum Gasteiger partial charge on any atom is -0.373 e. The van der Waals surface area contributed by atoms with Crippen molar-refractivity contribution in [2.45, 2.75) is 12.3 Å². The third kappa shape index (κ3) is 2.27. The molecule has 1 rings (SSSR count). The average molecular weight is 154 g/mol. The maximum absolute atomic E-state index is 4.17. The van der Waals surface area contributed by atoms with E-state index in [0.717, 1.165) is 5.69 Å². The summed E-state index contributed by atoms with van der Waals surface area (Å²) in [4.78, 5) is 3.94. The van der Waals surface area contributed by atoms with Crippen LogP contribution in [0.5, 0.6) is 0 Å². The molecule has 1 aromatic heterocycles. The maximum Gasteiger partial charge on any atom is 0.0665 e. The summed E-state index contributed by atoms with van der Waals surface area (Å²) < 4.78 is 0. The Morgan fingerprint density at radius 1 is 1.70 bits per heavy atom. The van der Waals surface area contributed by atoms with E-state index < -0.39 is 0 Å². The van der Waals surface area contributed by atoms with Crippen molar-refractivity contribution in [3.05, 3.63) is 24.5 Å². The number of hydrogen-bond acceptors (Lipinski definition) is 3. The molecular formula is C7H10N2S. The molecule has 0 radical (unpaired) electrons. The molecule has 0 aliphatic rings. The SMILES string of the molecule is CC(S)Nc1cccnc1. The zero-order valence-corrected chi connectivity index (χ0v) is 6.68. The fourth-order valence-corrected chi connectivity index (χ4v) is 0.838. The van der Waals surface area contributed by atoms with E-state index in [1.165, 1.54) is 0 Å². The van der Waals surface area contributed by atoms with Gasteiger partial charge in [0.15, 0.2) is 0 Å². The smallest absolute Gasteiger partial charge is 0.0665 e. The molecule has 1 heterocycles. The molecule has 0 saturated heterocycles. The van der Waals surface area contributed by atoms with Gasteiger partial charge in [0.25, 0.3) is 0 Å². The van der Waals surface area contributed by atoms with Gasteiger partial charge in [-0.05, 0) is 19.1 Å². The van der Waals surface area contributed by atoms with Crippen molar-refractivity contribution in [3.8, 4) is 0 Å². The zero-order chi connectivity index (χ0) is 7.40. The van der Waals surface area contributed by atoms with Gasteiger partial charge in [-0.3, -0.25) is 4.98 Å². The van der Waals surface area contributed by atoms with Crippen LogP contribution in [0.4, 0.5) is 5.69 Å². The third-order valence-corrected chi connectivity index (χ3v) is 1.17. The fraction of sp³-hybridized carbons (Fsp3) is 0.286. The van der Waals surface area contributed by atoms with Gasteiger partial charge in [-0.2, -0.15) is 12.6 Å². The third-order valence-electron chi connectivity index (χ3n) is 1.04. The highest BCUT2D eigenvalue weighted by Gasteiger charge is 1.92. The predicted molar refractivity (Wildman–Crippen MR) is 46.3 cm³/mol. The molecule has 0 fully saturated rings. The minimum absolute atomic E-state index is 0.171. The number of rotatable bonds is 2. The second kappa shape index (κ2) is 3.46. The Kier molecular flexibility index (Phi) is 2.57. The summed E-state index contributed by atoms with van der Waals surface area (Å²) in [6, 6.07) is 3.85. The molecule has 10 heavy (non-hydrogen) atoms. The van der Waals surface area contributed by atoms with Crippen molar-refractivity contribution in [2.75, 3.05) is 5.32 Å². The minimum atomic E-state index is 0.171. The molecule has 1 N–H and O–H groups in total. The Morgan fingerprint density at radius 3 is 3.00 bits per heavy atom. The number of hydrogen-bond donors (Lipinski definition) is 2. The molecule has 0 bridgehead atoms. The van der Waals surface area contributed by atoms with Crippen molar-refractivity contribution < 1.29 is 0 Å². The summed E-state index contributed by atoms with van der Waals surface area (Å²) >= 11 is 4.17. The van der Waals surface area contributed by atoms with E-state index in [4.69, 9.17) is 0 Å². The summed E-state index contributed by atoms with van der Waals surface area (Å²) in [6.45, 7) is 1.97. The van der Waals surface area contributed by atoms with Gasteiger partial charge in [0, 0.05) is 12.4 Å². The van der Waals surface area contributed by atoms with Crippen LogP contribution in [0.2, 0.25) is 0 Å². The first kappa shape index (κ1) is 7.41. The van der Waals surface area contributed by atoms with Crippen LogP contribution >= 0.6 is 12.6 Å². The maximum atomic E-state index is 4.17. The van der Waals surface area contributed by atoms with Gasteiger partial charge in [0.2, 0.25) is 0 Å². The number of nitrogens with zero attached hydrogens (tertiary/aromatic N) is 1. The molecule has 0 aromatic carbocycles. The molecule has 1 unspecified atom stereocenters. The van der Waals surface area contributed by atoms with E-state index in [1.807, 2.05) is 19.1 Å². The Morgan fingerprint density at radius 2 is 2.50 bits per heavy atom. The molecule has 54 valence electrons. The normalized spacial score (nSPS) is 12.6. The van der Waals surface area contributed by atoms with Gasteiger partial charge in [0.1, 0.15) is 0 Å². The second-order valence-electron chi connectivity index (χ2n) is 2.06. The summed E-state index contributed by atoms with van der Waals surface area (Å²) in [5, 5.41) is 3.28. The van der Waals surface area contributed by atoms with E-state index in [1.54, 1.807) is 12.4 Å². The first-order valence-corrected chi connectivity index (χ1v) is 3.65. The highest BCUT2D eigenvalue weighted by molar-refractivity contribution is 7.81. The highest BCUT2D eigenvalue weighted by atomic mass is 32.1. The van der Waals surface area contributed by atoms with Crippen LogP contribution in [0.25, 0.3) is 0 Å². The molecule has 0 amide bonds. The standard InChI is InChI=1S/C7H10N2S/c1-6(10)9-7-3-2-4-8-5-7/h2-6,9-10H,1H3. The van der Waals surface area contributed by atoms with E-state index in [0.29, 0.717) is 0 Å². The lowest BCUT2D eigenvalue weighted by Gasteiger charge is -2.06. The highest BCUT2D eigenvalue weighted by Crippen LogP contribution is 2.05. The largest absolute Gasteiger partial charge is 0.373 e. The van der Waals surface area contributed by atoms with Crippen LogP contribution in [0.15, 0.2) is 24.5 Å². The van der Waals surface area contributed by atoms with Gasteiger partial charge in [-0.1, -0.05) is 0 Å². The van der Waals surface area contributed by atoms with Crippen molar-refractivity contribution in [3.63, 3.8) is 0 Å². The van der Waals surface area contributed by atoms with Crippen LogP contribution < -0.4 is 5.32 Å². The first-order valence-electron chi connectivity index (χ1n) is 3.13. The Labute approximate surface area is 66.1 Å². The molecule has 0 aliphatic heterocycles. The summed E-state index contributed by atoms with van der Waals surface area (Å²) in [6.07, 6.45) is 3.51. The molecular weight excluding hydrogens is 144 g/mol. The molecule has 2 nitrogen and oxygen atoms in total. The van der Waals surface area contributed by atoms with Gasteiger partial charge >= 0.3 is 0 Å². The van der Waals surface area contributed by atoms with Crippen LogP contribution in [-0.2, 0) is 0 Å². The lowest BCUT2D eigenvalue weighted by Crippen LogP contribution is -2.06. The van der Waals surface area contributed by atoms with E-state index in [2.05, 4.69) is 22.9 Å². The summed E-state index contributed by atoms with van der Waals surface area (Å²) in [5.74, 6) is 0. The lowest BCUT2D eigenvalue weighted by molar-refractivity contribution is 1.12. The van der Waals surface area contributed by atoms with E-state index >= 15 is 0 Å². The van der Waals surface area contributed by atoms with Crippen molar-refractivity contribution in [1.82, 2.24) is 4.98 Å². The molecule has 0 spiro atoms. The van der Waals surface area contributed by atoms with Crippen LogP contribution in [0.3, 0.4) is 0 Å².